The Balaban J connectivity index is 0.000000825. The highest BCUT2D eigenvalue weighted by Gasteiger charge is 2.35. The summed E-state index contributed by atoms with van der Waals surface area (Å²) in [5, 5.41) is 3.28. The van der Waals surface area contributed by atoms with Gasteiger partial charge in [-0.15, -0.1) is 0 Å². The van der Waals surface area contributed by atoms with Gasteiger partial charge in [0.25, 0.3) is 0 Å². The first kappa shape index (κ1) is 41.4. The van der Waals surface area contributed by atoms with Crippen molar-refractivity contribution in [2.45, 2.75) is 99.0 Å². The topological polar surface area (TPSA) is 123 Å². The molecule has 0 aliphatic carbocycles. The Bertz CT molecular complexity index is 1050. The summed E-state index contributed by atoms with van der Waals surface area (Å²) in [5.74, 6) is 1.59. The zero-order valence-electron chi connectivity index (χ0n) is 30.6. The summed E-state index contributed by atoms with van der Waals surface area (Å²) in [5.41, 5.74) is 0.223. The number of likely N-dealkylation sites (tertiary alicyclic amines) is 1. The molecule has 2 fully saturated rings. The van der Waals surface area contributed by atoms with Crippen molar-refractivity contribution in [1.29, 1.82) is 0 Å². The Morgan fingerprint density at radius 3 is 2.22 bits per heavy atom. The van der Waals surface area contributed by atoms with E-state index in [0.29, 0.717) is 76.2 Å². The van der Waals surface area contributed by atoms with Gasteiger partial charge in [-0.3, -0.25) is 14.4 Å². The van der Waals surface area contributed by atoms with Gasteiger partial charge >= 0.3 is 0 Å². The van der Waals surface area contributed by atoms with Gasteiger partial charge in [0.05, 0.1) is 30.3 Å². The quantitative estimate of drug-likeness (QED) is 0.195. The molecule has 1 N–H and O–H groups in total. The summed E-state index contributed by atoms with van der Waals surface area (Å²) in [4.78, 5) is 50.7. The van der Waals surface area contributed by atoms with Crippen LogP contribution in [0.1, 0.15) is 104 Å². The molecule has 0 aromatic carbocycles. The van der Waals surface area contributed by atoms with E-state index in [1.165, 1.54) is 6.42 Å². The number of piperidine rings is 1. The lowest BCUT2D eigenvalue weighted by molar-refractivity contribution is -0.143. The number of Topliss-reactive ketones (excluding diaryl/α,β-unsaturated/α-hetero) is 1. The predicted octanol–water partition coefficient (Wildman–Crippen LogP) is 5.23. The molecular weight excluding hydrogens is 586 g/mol. The van der Waals surface area contributed by atoms with E-state index in [1.54, 1.807) is 25.3 Å². The van der Waals surface area contributed by atoms with Crippen molar-refractivity contribution in [2.75, 3.05) is 72.1 Å². The molecule has 46 heavy (non-hydrogen) atoms. The summed E-state index contributed by atoms with van der Waals surface area (Å²) in [6.45, 7) is 23.1. The van der Waals surface area contributed by atoms with E-state index in [-0.39, 0.29) is 41.0 Å². The van der Waals surface area contributed by atoms with E-state index < -0.39 is 0 Å². The first-order valence-corrected chi connectivity index (χ1v) is 16.8. The number of ether oxygens (including phenoxy) is 3. The van der Waals surface area contributed by atoms with Gasteiger partial charge in [0.2, 0.25) is 12.3 Å². The van der Waals surface area contributed by atoms with Crippen LogP contribution in [0.4, 0.5) is 5.82 Å². The van der Waals surface area contributed by atoms with E-state index in [4.69, 9.17) is 14.2 Å². The van der Waals surface area contributed by atoms with Crippen molar-refractivity contribution in [1.82, 2.24) is 19.8 Å². The van der Waals surface area contributed by atoms with Crippen LogP contribution in [0.15, 0.2) is 6.20 Å². The summed E-state index contributed by atoms with van der Waals surface area (Å²) in [6, 6.07) is 0. The largest absolute Gasteiger partial charge is 0.385 e. The average Bonchev–Trinajstić information content (AvgIpc) is 3.02. The Hall–Kier alpha value is -2.63. The number of nitrogens with one attached hydrogen (secondary N) is 1. The van der Waals surface area contributed by atoms with Crippen LogP contribution in [-0.2, 0) is 29.2 Å². The van der Waals surface area contributed by atoms with Gasteiger partial charge in [0.15, 0.2) is 5.78 Å². The number of anilines is 1. The second-order valence-electron chi connectivity index (χ2n) is 14.5. The van der Waals surface area contributed by atoms with Crippen molar-refractivity contribution < 1.29 is 28.6 Å². The van der Waals surface area contributed by atoms with Crippen LogP contribution in [0.2, 0.25) is 0 Å². The molecule has 1 aromatic rings. The van der Waals surface area contributed by atoms with Crippen LogP contribution in [-0.4, -0.2) is 110 Å². The lowest BCUT2D eigenvalue weighted by atomic mass is 9.84. The highest BCUT2D eigenvalue weighted by Crippen LogP contribution is 2.29. The number of carbonyl (C=O) groups is 3. The SMILES string of the molecule is CCC(C)C.COC(C)(C)C.COCCCNc1nc(C(C)(C)C)ncc1C(=O)CC1CC(C(=O)N2CCOCC2)CN(C=O)C1. The molecule has 11 heteroatoms. The van der Waals surface area contributed by atoms with Crippen molar-refractivity contribution in [2.24, 2.45) is 17.8 Å². The Labute approximate surface area is 278 Å². The molecule has 2 atom stereocenters. The first-order chi connectivity index (χ1) is 21.6. The van der Waals surface area contributed by atoms with Gasteiger partial charge < -0.3 is 29.3 Å². The molecule has 0 bridgehead atoms. The van der Waals surface area contributed by atoms with Gasteiger partial charge in [-0.25, -0.2) is 9.97 Å². The molecule has 11 nitrogen and oxygen atoms in total. The predicted molar refractivity (Wildman–Crippen MR) is 183 cm³/mol. The van der Waals surface area contributed by atoms with Gasteiger partial charge in [0.1, 0.15) is 11.6 Å². The van der Waals surface area contributed by atoms with Crippen LogP contribution in [0.3, 0.4) is 0 Å². The molecule has 3 heterocycles. The van der Waals surface area contributed by atoms with Crippen molar-refractivity contribution in [3.8, 4) is 0 Å². The van der Waals surface area contributed by atoms with Crippen LogP contribution in [0, 0.1) is 17.8 Å². The number of amides is 2. The fourth-order valence-electron chi connectivity index (χ4n) is 4.57. The first-order valence-electron chi connectivity index (χ1n) is 16.8. The molecule has 0 radical (unpaired) electrons. The molecule has 2 aliphatic rings. The third-order valence-corrected chi connectivity index (χ3v) is 7.87. The van der Waals surface area contributed by atoms with Crippen molar-refractivity contribution in [3.63, 3.8) is 0 Å². The molecule has 2 amide bonds. The van der Waals surface area contributed by atoms with Gasteiger partial charge in [-0.1, -0.05) is 48.0 Å². The fourth-order valence-corrected chi connectivity index (χ4v) is 4.57. The number of hydrogen-bond acceptors (Lipinski definition) is 9. The van der Waals surface area contributed by atoms with Gasteiger partial charge in [-0.2, -0.15) is 0 Å². The normalized spacial score (nSPS) is 18.6. The standard InChI is InChI=1S/C25H39N5O5.C5H12O.C5H12/c1-25(2,3)24-27-14-20(22(28-24)26-6-5-9-34-4)21(32)13-18-12-19(16-29(15-18)17-31)23(33)30-7-10-35-11-8-30;1-5(2,3)6-4;1-4-5(2)3/h14,17-19H,5-13,15-16H2,1-4H3,(H,26,27,28);1-4H3;5H,4H2,1-3H3. The minimum Gasteiger partial charge on any atom is -0.385 e. The number of methoxy groups -OCH3 is 2. The lowest BCUT2D eigenvalue weighted by Crippen LogP contribution is -2.50. The smallest absolute Gasteiger partial charge is 0.227 e. The number of morpholine rings is 1. The zero-order chi connectivity index (χ0) is 34.9. The molecule has 264 valence electrons. The number of carbonyl (C=O) groups excluding carboxylic acids is 3. The molecule has 1 aromatic heterocycles. The third kappa shape index (κ3) is 15.8. The summed E-state index contributed by atoms with van der Waals surface area (Å²) >= 11 is 0. The number of ketones is 1. The summed E-state index contributed by atoms with van der Waals surface area (Å²) in [7, 11) is 3.36. The maximum Gasteiger partial charge on any atom is 0.227 e. The van der Waals surface area contributed by atoms with E-state index >= 15 is 0 Å². The van der Waals surface area contributed by atoms with Crippen LogP contribution in [0.5, 0.6) is 0 Å². The average molecular weight is 650 g/mol. The van der Waals surface area contributed by atoms with Crippen LogP contribution < -0.4 is 5.32 Å². The van der Waals surface area contributed by atoms with E-state index in [1.807, 2.05) is 46.4 Å². The second-order valence-corrected chi connectivity index (χ2v) is 14.5. The maximum atomic E-state index is 13.4. The lowest BCUT2D eigenvalue weighted by Gasteiger charge is -2.38. The highest BCUT2D eigenvalue weighted by molar-refractivity contribution is 6.00. The molecule has 0 spiro atoms. The molecular formula is C35H63N5O6. The Kier molecular flexibility index (Phi) is 18.5. The summed E-state index contributed by atoms with van der Waals surface area (Å²) in [6.07, 6.45) is 5.26. The minimum absolute atomic E-state index is 0.0376. The molecule has 0 saturated carbocycles. The monoisotopic (exact) mass is 649 g/mol. The van der Waals surface area contributed by atoms with Crippen LogP contribution in [0.25, 0.3) is 0 Å². The van der Waals surface area contributed by atoms with Gasteiger partial charge in [0, 0.05) is 71.6 Å². The highest BCUT2D eigenvalue weighted by atomic mass is 16.5. The number of hydrogen-bond donors (Lipinski definition) is 1. The van der Waals surface area contributed by atoms with Crippen molar-refractivity contribution in [3.05, 3.63) is 17.6 Å². The maximum absolute atomic E-state index is 13.4. The third-order valence-electron chi connectivity index (χ3n) is 7.87. The number of nitrogens with zero attached hydrogens (tertiary/aromatic N) is 4. The van der Waals surface area contributed by atoms with E-state index in [0.717, 1.165) is 18.7 Å². The Morgan fingerprint density at radius 2 is 1.72 bits per heavy atom. The molecule has 2 saturated heterocycles. The zero-order valence-corrected chi connectivity index (χ0v) is 30.6. The Morgan fingerprint density at radius 1 is 1.11 bits per heavy atom. The van der Waals surface area contributed by atoms with Gasteiger partial charge in [-0.05, 0) is 45.4 Å². The van der Waals surface area contributed by atoms with E-state index in [2.05, 4.69) is 36.1 Å². The fraction of sp³-hybridized carbons (Fsp3) is 0.800. The number of rotatable bonds is 11. The minimum atomic E-state index is -0.309. The van der Waals surface area contributed by atoms with Crippen molar-refractivity contribution >= 4 is 23.9 Å². The summed E-state index contributed by atoms with van der Waals surface area (Å²) < 4.78 is 15.4. The molecule has 2 unspecified atom stereocenters. The van der Waals surface area contributed by atoms with Crippen LogP contribution >= 0.6 is 0 Å². The molecule has 2 aliphatic heterocycles. The second kappa shape index (κ2) is 20.6. The molecule has 3 rings (SSSR count). The number of aromatic nitrogens is 2. The van der Waals surface area contributed by atoms with E-state index in [9.17, 15) is 14.4 Å².